The SMILES string of the molecule is COCCOc1ccc(Nc2nc(NCc3ccccc3)c3ncn([C@@H]4CCCN(C(=O)OC(C)(C)C)C4)c3n2)cc1. The summed E-state index contributed by atoms with van der Waals surface area (Å²) in [6.45, 7) is 8.42. The summed E-state index contributed by atoms with van der Waals surface area (Å²) in [5.74, 6) is 1.82. The third-order valence-electron chi connectivity index (χ3n) is 6.83. The van der Waals surface area contributed by atoms with Crippen LogP contribution in [0.1, 0.15) is 45.2 Å². The van der Waals surface area contributed by atoms with Crippen LogP contribution in [-0.4, -0.2) is 69.5 Å². The predicted molar refractivity (Wildman–Crippen MR) is 162 cm³/mol. The van der Waals surface area contributed by atoms with Crippen molar-refractivity contribution in [2.75, 3.05) is 44.0 Å². The van der Waals surface area contributed by atoms with Gasteiger partial charge in [0.1, 0.15) is 18.0 Å². The zero-order chi connectivity index (χ0) is 29.5. The monoisotopic (exact) mass is 573 g/mol. The minimum atomic E-state index is -0.549. The standard InChI is InChI=1S/C31H39N7O4/c1-31(2,3)42-30(39)37-16-8-11-24(20-37)38-21-33-26-27(32-19-22-9-6-5-7-10-22)35-29(36-28(26)38)34-23-12-14-25(15-13-23)41-18-17-40-4/h5-7,9-10,12-15,21,24H,8,11,16-20H2,1-4H3,(H2,32,34,35,36)/t24-/m1/s1. The normalized spacial score (nSPS) is 15.4. The first-order chi connectivity index (χ1) is 20.3. The lowest BCUT2D eigenvalue weighted by Gasteiger charge is -2.34. The Balaban J connectivity index is 1.41. The second-order valence-corrected chi connectivity index (χ2v) is 11.3. The fourth-order valence-corrected chi connectivity index (χ4v) is 4.83. The van der Waals surface area contributed by atoms with E-state index in [-0.39, 0.29) is 12.1 Å². The first-order valence-electron chi connectivity index (χ1n) is 14.3. The molecule has 1 amide bonds. The average molecular weight is 574 g/mol. The molecule has 2 aromatic heterocycles. The highest BCUT2D eigenvalue weighted by molar-refractivity contribution is 5.85. The zero-order valence-electron chi connectivity index (χ0n) is 24.7. The highest BCUT2D eigenvalue weighted by Gasteiger charge is 2.30. The van der Waals surface area contributed by atoms with Crippen LogP contribution in [0, 0.1) is 0 Å². The fraction of sp³-hybridized carbons (Fsp3) is 0.419. The average Bonchev–Trinajstić information content (AvgIpc) is 3.41. The minimum Gasteiger partial charge on any atom is -0.491 e. The van der Waals surface area contributed by atoms with Crippen LogP contribution in [0.2, 0.25) is 0 Å². The minimum absolute atomic E-state index is 0.00419. The van der Waals surface area contributed by atoms with Gasteiger partial charge in [-0.25, -0.2) is 9.78 Å². The molecule has 0 unspecified atom stereocenters. The van der Waals surface area contributed by atoms with Gasteiger partial charge in [-0.2, -0.15) is 9.97 Å². The summed E-state index contributed by atoms with van der Waals surface area (Å²) in [4.78, 5) is 29.0. The summed E-state index contributed by atoms with van der Waals surface area (Å²) in [5.41, 5.74) is 2.77. The Morgan fingerprint density at radius 3 is 2.57 bits per heavy atom. The van der Waals surface area contributed by atoms with E-state index >= 15 is 0 Å². The largest absolute Gasteiger partial charge is 0.491 e. The van der Waals surface area contributed by atoms with Gasteiger partial charge in [0, 0.05) is 32.4 Å². The van der Waals surface area contributed by atoms with Crippen molar-refractivity contribution in [1.82, 2.24) is 24.4 Å². The van der Waals surface area contributed by atoms with Crippen LogP contribution >= 0.6 is 0 Å². The van der Waals surface area contributed by atoms with Gasteiger partial charge in [0.2, 0.25) is 5.95 Å². The van der Waals surface area contributed by atoms with Crippen molar-refractivity contribution in [3.8, 4) is 5.75 Å². The summed E-state index contributed by atoms with van der Waals surface area (Å²) in [5, 5.41) is 6.79. The highest BCUT2D eigenvalue weighted by atomic mass is 16.6. The van der Waals surface area contributed by atoms with Crippen molar-refractivity contribution < 1.29 is 19.0 Å². The second kappa shape index (κ2) is 13.1. The first kappa shape index (κ1) is 29.1. The number of aromatic nitrogens is 4. The molecule has 1 aliphatic rings. The van der Waals surface area contributed by atoms with Crippen molar-refractivity contribution in [3.63, 3.8) is 0 Å². The number of hydrogen-bond acceptors (Lipinski definition) is 9. The molecule has 0 aliphatic carbocycles. The molecule has 2 aromatic carbocycles. The van der Waals surface area contributed by atoms with Gasteiger partial charge in [0.25, 0.3) is 0 Å². The van der Waals surface area contributed by atoms with Gasteiger partial charge in [-0.15, -0.1) is 0 Å². The number of piperidine rings is 1. The number of nitrogens with one attached hydrogen (secondary N) is 2. The van der Waals surface area contributed by atoms with E-state index in [1.807, 2.05) is 63.2 Å². The number of imidazole rings is 1. The third-order valence-corrected chi connectivity index (χ3v) is 6.83. The quantitative estimate of drug-likeness (QED) is 0.228. The van der Waals surface area contributed by atoms with Crippen molar-refractivity contribution in [2.24, 2.45) is 0 Å². The molecule has 1 aliphatic heterocycles. The summed E-state index contributed by atoms with van der Waals surface area (Å²) in [6.07, 6.45) is 3.26. The molecule has 4 aromatic rings. The van der Waals surface area contributed by atoms with Crippen LogP contribution < -0.4 is 15.4 Å². The van der Waals surface area contributed by atoms with Crippen LogP contribution in [0.4, 0.5) is 22.2 Å². The molecule has 1 saturated heterocycles. The summed E-state index contributed by atoms with van der Waals surface area (Å²) < 4.78 is 18.4. The number of hydrogen-bond donors (Lipinski definition) is 2. The second-order valence-electron chi connectivity index (χ2n) is 11.3. The Bertz CT molecular complexity index is 1470. The van der Waals surface area contributed by atoms with E-state index < -0.39 is 5.60 Å². The van der Waals surface area contributed by atoms with Gasteiger partial charge < -0.3 is 34.3 Å². The molecule has 5 rings (SSSR count). The van der Waals surface area contributed by atoms with Crippen molar-refractivity contribution in [1.29, 1.82) is 0 Å². The van der Waals surface area contributed by atoms with E-state index in [1.54, 1.807) is 18.3 Å². The lowest BCUT2D eigenvalue weighted by atomic mass is 10.1. The number of likely N-dealkylation sites (tertiary alicyclic amines) is 1. The first-order valence-corrected chi connectivity index (χ1v) is 14.3. The van der Waals surface area contributed by atoms with Crippen molar-refractivity contribution in [3.05, 3.63) is 66.5 Å². The maximum absolute atomic E-state index is 12.8. The molecule has 11 heteroatoms. The molecular formula is C31H39N7O4. The van der Waals surface area contributed by atoms with E-state index in [0.717, 1.165) is 29.8 Å². The molecule has 3 heterocycles. The number of fused-ring (bicyclic) bond motifs is 1. The number of carbonyl (C=O) groups is 1. The number of rotatable bonds is 10. The Kier molecular flexibility index (Phi) is 9.06. The number of ether oxygens (including phenoxy) is 3. The Labute approximate surface area is 246 Å². The number of anilines is 3. The number of methoxy groups -OCH3 is 1. The van der Waals surface area contributed by atoms with Crippen LogP contribution in [0.15, 0.2) is 60.9 Å². The Morgan fingerprint density at radius 2 is 1.83 bits per heavy atom. The van der Waals surface area contributed by atoms with E-state index in [1.165, 1.54) is 0 Å². The number of amides is 1. The van der Waals surface area contributed by atoms with Crippen LogP contribution in [0.3, 0.4) is 0 Å². The molecule has 0 bridgehead atoms. The maximum Gasteiger partial charge on any atom is 0.410 e. The van der Waals surface area contributed by atoms with Crippen LogP contribution in [-0.2, 0) is 16.0 Å². The van der Waals surface area contributed by atoms with Crippen molar-refractivity contribution in [2.45, 2.75) is 51.8 Å². The lowest BCUT2D eigenvalue weighted by Crippen LogP contribution is -2.43. The molecular weight excluding hydrogens is 534 g/mol. The third kappa shape index (κ3) is 7.47. The molecule has 1 atom stereocenters. The molecule has 222 valence electrons. The fourth-order valence-electron chi connectivity index (χ4n) is 4.83. The predicted octanol–water partition coefficient (Wildman–Crippen LogP) is 5.78. The lowest BCUT2D eigenvalue weighted by molar-refractivity contribution is 0.0174. The number of benzene rings is 2. The highest BCUT2D eigenvalue weighted by Crippen LogP contribution is 2.30. The van der Waals surface area contributed by atoms with E-state index in [4.69, 9.17) is 29.2 Å². The topological polar surface area (TPSA) is 116 Å². The summed E-state index contributed by atoms with van der Waals surface area (Å²) >= 11 is 0. The summed E-state index contributed by atoms with van der Waals surface area (Å²) in [6, 6.07) is 17.8. The zero-order valence-corrected chi connectivity index (χ0v) is 24.7. The van der Waals surface area contributed by atoms with E-state index in [2.05, 4.69) is 27.3 Å². The molecule has 0 radical (unpaired) electrons. The smallest absolute Gasteiger partial charge is 0.410 e. The van der Waals surface area contributed by atoms with Crippen LogP contribution in [0.5, 0.6) is 5.75 Å². The van der Waals surface area contributed by atoms with Crippen molar-refractivity contribution >= 4 is 34.7 Å². The number of nitrogens with zero attached hydrogens (tertiary/aromatic N) is 5. The Hall–Kier alpha value is -4.38. The van der Waals surface area contributed by atoms with Crippen LogP contribution in [0.25, 0.3) is 11.2 Å². The summed E-state index contributed by atoms with van der Waals surface area (Å²) in [7, 11) is 1.65. The number of carbonyl (C=O) groups excluding carboxylic acids is 1. The van der Waals surface area contributed by atoms with Gasteiger partial charge in [-0.1, -0.05) is 30.3 Å². The molecule has 0 saturated carbocycles. The molecule has 1 fully saturated rings. The molecule has 42 heavy (non-hydrogen) atoms. The van der Waals surface area contributed by atoms with Gasteiger partial charge >= 0.3 is 6.09 Å². The molecule has 0 spiro atoms. The molecule has 11 nitrogen and oxygen atoms in total. The van der Waals surface area contributed by atoms with Gasteiger partial charge in [-0.05, 0) is 63.4 Å². The molecule has 2 N–H and O–H groups in total. The Morgan fingerprint density at radius 1 is 1.05 bits per heavy atom. The van der Waals surface area contributed by atoms with Gasteiger partial charge in [-0.3, -0.25) is 0 Å². The van der Waals surface area contributed by atoms with E-state index in [0.29, 0.717) is 55.8 Å². The maximum atomic E-state index is 12.8. The van der Waals surface area contributed by atoms with Gasteiger partial charge in [0.05, 0.1) is 19.0 Å². The van der Waals surface area contributed by atoms with Gasteiger partial charge in [0.15, 0.2) is 17.0 Å². The van der Waals surface area contributed by atoms with E-state index in [9.17, 15) is 4.79 Å².